The van der Waals surface area contributed by atoms with Crippen LogP contribution >= 0.6 is 39.1 Å². The zero-order valence-electron chi connectivity index (χ0n) is 22.0. The van der Waals surface area contributed by atoms with Crippen molar-refractivity contribution in [1.29, 1.82) is 0 Å². The van der Waals surface area contributed by atoms with E-state index in [4.69, 9.17) is 23.2 Å². The number of aryl methyl sites for hydroxylation is 1. The van der Waals surface area contributed by atoms with Crippen molar-refractivity contribution in [2.45, 2.75) is 51.2 Å². The Labute approximate surface area is 248 Å². The van der Waals surface area contributed by atoms with Crippen LogP contribution in [0.3, 0.4) is 0 Å². The summed E-state index contributed by atoms with van der Waals surface area (Å²) in [5, 5.41) is 3.48. The van der Waals surface area contributed by atoms with Gasteiger partial charge in [0.25, 0.3) is 10.0 Å². The number of hydrogen-bond acceptors (Lipinski definition) is 4. The van der Waals surface area contributed by atoms with Gasteiger partial charge in [-0.15, -0.1) is 0 Å². The van der Waals surface area contributed by atoms with Crippen molar-refractivity contribution in [2.75, 3.05) is 10.8 Å². The molecule has 0 saturated heterocycles. The molecule has 0 bridgehead atoms. The van der Waals surface area contributed by atoms with Gasteiger partial charge in [0, 0.05) is 17.1 Å². The van der Waals surface area contributed by atoms with Crippen LogP contribution in [0.4, 0.5) is 5.69 Å². The van der Waals surface area contributed by atoms with E-state index >= 15 is 0 Å². The first-order valence-electron chi connectivity index (χ1n) is 12.2. The first-order valence-corrected chi connectivity index (χ1v) is 15.2. The minimum Gasteiger partial charge on any atom is -0.352 e. The lowest BCUT2D eigenvalue weighted by Gasteiger charge is -2.32. The number of carbonyl (C=O) groups excluding carboxylic acids is 2. The van der Waals surface area contributed by atoms with Crippen molar-refractivity contribution in [3.63, 3.8) is 0 Å². The Morgan fingerprint density at radius 3 is 2.21 bits per heavy atom. The lowest BCUT2D eigenvalue weighted by atomic mass is 10.1. The number of nitrogens with zero attached hydrogens (tertiary/aromatic N) is 2. The Hall–Kier alpha value is -2.59. The Morgan fingerprint density at radius 2 is 1.62 bits per heavy atom. The Bertz CT molecular complexity index is 1450. The van der Waals surface area contributed by atoms with Gasteiger partial charge in [0.1, 0.15) is 12.6 Å². The average molecular weight is 655 g/mol. The number of benzene rings is 3. The maximum atomic E-state index is 13.9. The zero-order valence-corrected chi connectivity index (χ0v) is 25.9. The summed E-state index contributed by atoms with van der Waals surface area (Å²) in [5.41, 5.74) is 1.83. The summed E-state index contributed by atoms with van der Waals surface area (Å²) in [6.07, 6.45) is 0. The molecule has 0 aromatic heterocycles. The molecule has 3 rings (SSSR count). The van der Waals surface area contributed by atoms with Crippen molar-refractivity contribution in [3.8, 4) is 0 Å². The van der Waals surface area contributed by atoms with Gasteiger partial charge in [-0.05, 0) is 75.7 Å². The van der Waals surface area contributed by atoms with Crippen molar-refractivity contribution in [2.24, 2.45) is 0 Å². The number of hydrogen-bond donors (Lipinski definition) is 1. The predicted molar refractivity (Wildman–Crippen MR) is 160 cm³/mol. The fourth-order valence-corrected chi connectivity index (χ4v) is 5.93. The van der Waals surface area contributed by atoms with Crippen LogP contribution in [-0.4, -0.2) is 43.8 Å². The first kappa shape index (κ1) is 30.9. The second kappa shape index (κ2) is 13.2. The second-order valence-electron chi connectivity index (χ2n) is 9.41. The van der Waals surface area contributed by atoms with E-state index < -0.39 is 28.5 Å². The van der Waals surface area contributed by atoms with Crippen LogP contribution in [0.1, 0.15) is 31.9 Å². The summed E-state index contributed by atoms with van der Waals surface area (Å²) in [7, 11) is -4.14. The number of carbonyl (C=O) groups is 2. The standard InChI is InChI=1S/C28H30BrCl2N3O4S/c1-18(2)32-28(36)20(4)33(16-21-10-13-25(30)26(31)14-21)27(35)17-34(23-7-5-6-22(29)15-23)39(37,38)24-11-8-19(3)9-12-24/h5-15,18,20H,16-17H2,1-4H3,(H,32,36)/t20-/m1/s1. The quantitative estimate of drug-likeness (QED) is 0.282. The van der Waals surface area contributed by atoms with E-state index in [-0.39, 0.29) is 23.4 Å². The molecular formula is C28H30BrCl2N3O4S. The van der Waals surface area contributed by atoms with Gasteiger partial charge in [-0.1, -0.05) is 69.0 Å². The summed E-state index contributed by atoms with van der Waals surface area (Å²) in [6, 6.07) is 17.0. The Morgan fingerprint density at radius 1 is 0.949 bits per heavy atom. The molecule has 2 amide bonds. The van der Waals surface area contributed by atoms with Gasteiger partial charge in [-0.2, -0.15) is 0 Å². The molecule has 0 aliphatic heterocycles. The van der Waals surface area contributed by atoms with Crippen LogP contribution in [-0.2, 0) is 26.2 Å². The molecule has 0 saturated carbocycles. The van der Waals surface area contributed by atoms with Crippen LogP contribution in [0.25, 0.3) is 0 Å². The van der Waals surface area contributed by atoms with Gasteiger partial charge in [0.2, 0.25) is 11.8 Å². The zero-order chi connectivity index (χ0) is 28.9. The summed E-state index contributed by atoms with van der Waals surface area (Å²) < 4.78 is 29.4. The van der Waals surface area contributed by atoms with Gasteiger partial charge in [-0.3, -0.25) is 13.9 Å². The average Bonchev–Trinajstić information content (AvgIpc) is 2.87. The number of halogens is 3. The monoisotopic (exact) mass is 653 g/mol. The van der Waals surface area contributed by atoms with Gasteiger partial charge >= 0.3 is 0 Å². The molecule has 0 aliphatic rings. The van der Waals surface area contributed by atoms with Crippen LogP contribution in [0.2, 0.25) is 10.0 Å². The third-order valence-electron chi connectivity index (χ3n) is 5.92. The normalized spacial score (nSPS) is 12.2. The molecular weight excluding hydrogens is 625 g/mol. The van der Waals surface area contributed by atoms with Gasteiger partial charge < -0.3 is 10.2 Å². The molecule has 3 aromatic carbocycles. The highest BCUT2D eigenvalue weighted by Crippen LogP contribution is 2.28. The fourth-order valence-electron chi connectivity index (χ4n) is 3.82. The topological polar surface area (TPSA) is 86.8 Å². The lowest BCUT2D eigenvalue weighted by Crippen LogP contribution is -2.52. The Balaban J connectivity index is 2.04. The number of amides is 2. The van der Waals surface area contributed by atoms with E-state index in [0.29, 0.717) is 25.8 Å². The van der Waals surface area contributed by atoms with E-state index in [2.05, 4.69) is 21.2 Å². The number of anilines is 1. The largest absolute Gasteiger partial charge is 0.352 e. The molecule has 0 fully saturated rings. The molecule has 11 heteroatoms. The van der Waals surface area contributed by atoms with E-state index in [1.807, 2.05) is 20.8 Å². The van der Waals surface area contributed by atoms with E-state index in [1.54, 1.807) is 61.5 Å². The minimum absolute atomic E-state index is 0.0132. The van der Waals surface area contributed by atoms with Crippen LogP contribution < -0.4 is 9.62 Å². The first-order chi connectivity index (χ1) is 18.3. The van der Waals surface area contributed by atoms with Crippen molar-refractivity contribution in [3.05, 3.63) is 92.4 Å². The number of rotatable bonds is 10. The molecule has 1 atom stereocenters. The maximum Gasteiger partial charge on any atom is 0.264 e. The predicted octanol–water partition coefficient (Wildman–Crippen LogP) is 6.20. The van der Waals surface area contributed by atoms with Crippen LogP contribution in [0.15, 0.2) is 76.1 Å². The molecule has 208 valence electrons. The smallest absolute Gasteiger partial charge is 0.264 e. The number of nitrogens with one attached hydrogen (secondary N) is 1. The van der Waals surface area contributed by atoms with Crippen molar-refractivity contribution < 1.29 is 18.0 Å². The molecule has 7 nitrogen and oxygen atoms in total. The third-order valence-corrected chi connectivity index (χ3v) is 8.94. The summed E-state index contributed by atoms with van der Waals surface area (Å²) >= 11 is 15.6. The van der Waals surface area contributed by atoms with Crippen molar-refractivity contribution in [1.82, 2.24) is 10.2 Å². The summed E-state index contributed by atoms with van der Waals surface area (Å²) in [4.78, 5) is 28.3. The van der Waals surface area contributed by atoms with Crippen LogP contribution in [0, 0.1) is 6.92 Å². The molecule has 0 spiro atoms. The molecule has 0 unspecified atom stereocenters. The summed E-state index contributed by atoms with van der Waals surface area (Å²) in [5.74, 6) is -0.933. The molecule has 1 N–H and O–H groups in total. The van der Waals surface area contributed by atoms with Gasteiger partial charge in [-0.25, -0.2) is 8.42 Å². The number of sulfonamides is 1. The Kier molecular flexibility index (Phi) is 10.5. The van der Waals surface area contributed by atoms with Crippen LogP contribution in [0.5, 0.6) is 0 Å². The highest BCUT2D eigenvalue weighted by Gasteiger charge is 2.32. The van der Waals surface area contributed by atoms with Crippen molar-refractivity contribution >= 4 is 66.7 Å². The molecule has 3 aromatic rings. The molecule has 0 radical (unpaired) electrons. The van der Waals surface area contributed by atoms with E-state index in [9.17, 15) is 18.0 Å². The highest BCUT2D eigenvalue weighted by molar-refractivity contribution is 9.10. The lowest BCUT2D eigenvalue weighted by molar-refractivity contribution is -0.139. The second-order valence-corrected chi connectivity index (χ2v) is 13.0. The van der Waals surface area contributed by atoms with Gasteiger partial charge in [0.05, 0.1) is 20.6 Å². The van der Waals surface area contributed by atoms with E-state index in [0.717, 1.165) is 9.87 Å². The SMILES string of the molecule is Cc1ccc(S(=O)(=O)N(CC(=O)N(Cc2ccc(Cl)c(Cl)c2)[C@H](C)C(=O)NC(C)C)c2cccc(Br)c2)cc1. The maximum absolute atomic E-state index is 13.9. The van der Waals surface area contributed by atoms with Gasteiger partial charge in [0.15, 0.2) is 0 Å². The third kappa shape index (κ3) is 7.97. The molecule has 39 heavy (non-hydrogen) atoms. The highest BCUT2D eigenvalue weighted by atomic mass is 79.9. The fraction of sp³-hybridized carbons (Fsp3) is 0.286. The minimum atomic E-state index is -4.14. The molecule has 0 aliphatic carbocycles. The molecule has 0 heterocycles. The van der Waals surface area contributed by atoms with E-state index in [1.165, 1.54) is 17.0 Å². The summed E-state index contributed by atoms with van der Waals surface area (Å²) in [6.45, 7) is 6.58.